The molecule has 0 heterocycles. The van der Waals surface area contributed by atoms with E-state index in [2.05, 4.69) is 10.6 Å². The summed E-state index contributed by atoms with van der Waals surface area (Å²) in [5, 5.41) is 27.4. The number of nitro benzene ring substituents is 2. The molecule has 2 N–H and O–H groups in total. The Bertz CT molecular complexity index is 1100. The van der Waals surface area contributed by atoms with Crippen molar-refractivity contribution in [3.8, 4) is 0 Å². The number of nitro groups is 2. The molecule has 0 saturated heterocycles. The van der Waals surface area contributed by atoms with Gasteiger partial charge < -0.3 is 10.6 Å². The highest BCUT2D eigenvalue weighted by molar-refractivity contribution is 6.02. The van der Waals surface area contributed by atoms with E-state index in [1.165, 1.54) is 0 Å². The average Bonchev–Trinajstić information content (AvgIpc) is 2.78. The van der Waals surface area contributed by atoms with Crippen LogP contribution in [0.4, 0.5) is 17.1 Å². The summed E-state index contributed by atoms with van der Waals surface area (Å²) in [7, 11) is 0. The summed E-state index contributed by atoms with van der Waals surface area (Å²) >= 11 is 0. The van der Waals surface area contributed by atoms with Crippen molar-refractivity contribution in [2.45, 2.75) is 6.04 Å². The number of benzene rings is 3. The lowest BCUT2D eigenvalue weighted by atomic mass is 10.0. The number of rotatable bonds is 7. The first kappa shape index (κ1) is 21.1. The molecule has 1 atom stereocenters. The molecular weight excluding hydrogens is 404 g/mol. The number of anilines is 1. The van der Waals surface area contributed by atoms with Gasteiger partial charge in [0.05, 0.1) is 21.5 Å². The Morgan fingerprint density at radius 3 is 1.81 bits per heavy atom. The van der Waals surface area contributed by atoms with Crippen LogP contribution in [0.2, 0.25) is 0 Å². The third-order valence-corrected chi connectivity index (χ3v) is 4.30. The Kier molecular flexibility index (Phi) is 6.31. The van der Waals surface area contributed by atoms with Crippen LogP contribution < -0.4 is 10.6 Å². The fraction of sp³-hybridized carbons (Fsp3) is 0.0476. The van der Waals surface area contributed by atoms with E-state index in [1.807, 2.05) is 0 Å². The molecule has 0 aliphatic heterocycles. The summed E-state index contributed by atoms with van der Waals surface area (Å²) in [6.45, 7) is 0. The molecule has 0 aliphatic carbocycles. The van der Waals surface area contributed by atoms with Crippen LogP contribution in [-0.4, -0.2) is 21.7 Å². The molecule has 1 unspecified atom stereocenters. The zero-order chi connectivity index (χ0) is 22.4. The highest BCUT2D eigenvalue weighted by atomic mass is 16.6. The van der Waals surface area contributed by atoms with E-state index in [1.54, 1.807) is 60.7 Å². The standard InChI is InChI=1S/C21H16N4O6/c26-20(15-11-17(24(28)29)13-18(12-15)25(30)31)23-19(14-7-3-1-4-8-14)21(27)22-16-9-5-2-6-10-16/h1-13,19H,(H,22,27)(H,23,26). The molecule has 31 heavy (non-hydrogen) atoms. The van der Waals surface area contributed by atoms with Crippen LogP contribution in [0.3, 0.4) is 0 Å². The Balaban J connectivity index is 1.92. The van der Waals surface area contributed by atoms with Crippen LogP contribution in [-0.2, 0) is 4.79 Å². The molecule has 3 rings (SSSR count). The summed E-state index contributed by atoms with van der Waals surface area (Å²) in [6, 6.07) is 18.4. The minimum absolute atomic E-state index is 0.311. The van der Waals surface area contributed by atoms with E-state index >= 15 is 0 Å². The Morgan fingerprint density at radius 1 is 0.774 bits per heavy atom. The van der Waals surface area contributed by atoms with Gasteiger partial charge in [-0.05, 0) is 17.7 Å². The van der Waals surface area contributed by atoms with Crippen LogP contribution in [0.5, 0.6) is 0 Å². The first-order valence-corrected chi connectivity index (χ1v) is 9.01. The Morgan fingerprint density at radius 2 is 1.29 bits per heavy atom. The molecule has 0 aliphatic rings. The van der Waals surface area contributed by atoms with Crippen molar-refractivity contribution in [3.05, 3.63) is 110 Å². The smallest absolute Gasteiger partial charge is 0.277 e. The Labute approximate surface area is 175 Å². The number of carbonyl (C=O) groups is 2. The number of amides is 2. The lowest BCUT2D eigenvalue weighted by molar-refractivity contribution is -0.394. The number of para-hydroxylation sites is 1. The van der Waals surface area contributed by atoms with Crippen LogP contribution in [0.25, 0.3) is 0 Å². The van der Waals surface area contributed by atoms with Gasteiger partial charge in [0.1, 0.15) is 6.04 Å². The van der Waals surface area contributed by atoms with Crippen molar-refractivity contribution in [3.63, 3.8) is 0 Å². The second-order valence-corrected chi connectivity index (χ2v) is 6.42. The zero-order valence-electron chi connectivity index (χ0n) is 15.9. The number of hydrogen-bond donors (Lipinski definition) is 2. The SMILES string of the molecule is O=C(NC(C(=O)Nc1ccccc1)c1ccccc1)c1cc([N+](=O)[O-])cc([N+](=O)[O-])c1. The largest absolute Gasteiger partial charge is 0.336 e. The molecule has 0 spiro atoms. The molecule has 3 aromatic carbocycles. The number of nitrogens with zero attached hydrogens (tertiary/aromatic N) is 2. The third kappa shape index (κ3) is 5.26. The van der Waals surface area contributed by atoms with Gasteiger partial charge in [-0.3, -0.25) is 29.8 Å². The van der Waals surface area contributed by atoms with Crippen molar-refractivity contribution in [1.29, 1.82) is 0 Å². The lowest BCUT2D eigenvalue weighted by Gasteiger charge is -2.19. The summed E-state index contributed by atoms with van der Waals surface area (Å²) in [5.74, 6) is -1.42. The molecule has 10 nitrogen and oxygen atoms in total. The van der Waals surface area contributed by atoms with Gasteiger partial charge in [0, 0.05) is 17.8 Å². The van der Waals surface area contributed by atoms with Gasteiger partial charge in [0.15, 0.2) is 0 Å². The molecule has 156 valence electrons. The first-order chi connectivity index (χ1) is 14.8. The molecular formula is C21H16N4O6. The summed E-state index contributed by atoms with van der Waals surface area (Å²) < 4.78 is 0. The molecule has 0 fully saturated rings. The topological polar surface area (TPSA) is 144 Å². The number of nitrogens with one attached hydrogen (secondary N) is 2. The predicted octanol–water partition coefficient (Wildman–Crippen LogP) is 3.61. The van der Waals surface area contributed by atoms with Crippen molar-refractivity contribution in [2.24, 2.45) is 0 Å². The van der Waals surface area contributed by atoms with Crippen LogP contribution in [0, 0.1) is 20.2 Å². The van der Waals surface area contributed by atoms with Gasteiger partial charge in [0.25, 0.3) is 23.2 Å². The van der Waals surface area contributed by atoms with E-state index in [-0.39, 0.29) is 5.56 Å². The summed E-state index contributed by atoms with van der Waals surface area (Å²) in [5.41, 5.74) is -0.555. The van der Waals surface area contributed by atoms with Crippen molar-refractivity contribution in [2.75, 3.05) is 5.32 Å². The predicted molar refractivity (Wildman–Crippen MR) is 111 cm³/mol. The fourth-order valence-electron chi connectivity index (χ4n) is 2.83. The molecule has 0 aromatic heterocycles. The van der Waals surface area contributed by atoms with Gasteiger partial charge in [-0.15, -0.1) is 0 Å². The molecule has 10 heteroatoms. The second kappa shape index (κ2) is 9.27. The van der Waals surface area contributed by atoms with Gasteiger partial charge in [-0.2, -0.15) is 0 Å². The highest BCUT2D eigenvalue weighted by Crippen LogP contribution is 2.24. The van der Waals surface area contributed by atoms with Crippen molar-refractivity contribution in [1.82, 2.24) is 5.32 Å². The maximum Gasteiger partial charge on any atom is 0.277 e. The fourth-order valence-corrected chi connectivity index (χ4v) is 2.83. The monoisotopic (exact) mass is 420 g/mol. The van der Waals surface area contributed by atoms with Gasteiger partial charge in [-0.1, -0.05) is 48.5 Å². The molecule has 0 bridgehead atoms. The van der Waals surface area contributed by atoms with Gasteiger partial charge in [0.2, 0.25) is 0 Å². The minimum atomic E-state index is -1.15. The molecule has 0 radical (unpaired) electrons. The van der Waals surface area contributed by atoms with Crippen LogP contribution >= 0.6 is 0 Å². The summed E-state index contributed by atoms with van der Waals surface area (Å²) in [4.78, 5) is 46.2. The molecule has 3 aromatic rings. The van der Waals surface area contributed by atoms with E-state index in [0.717, 1.165) is 18.2 Å². The molecule has 2 amide bonds. The van der Waals surface area contributed by atoms with Gasteiger partial charge >= 0.3 is 0 Å². The van der Waals surface area contributed by atoms with Gasteiger partial charge in [-0.25, -0.2) is 0 Å². The van der Waals surface area contributed by atoms with E-state index in [4.69, 9.17) is 0 Å². The van der Waals surface area contributed by atoms with Crippen LogP contribution in [0.1, 0.15) is 22.0 Å². The van der Waals surface area contributed by atoms with Crippen molar-refractivity contribution < 1.29 is 19.4 Å². The second-order valence-electron chi connectivity index (χ2n) is 6.42. The molecule has 0 saturated carbocycles. The normalized spacial score (nSPS) is 11.2. The third-order valence-electron chi connectivity index (χ3n) is 4.30. The van der Waals surface area contributed by atoms with Crippen molar-refractivity contribution >= 4 is 28.9 Å². The zero-order valence-corrected chi connectivity index (χ0v) is 15.9. The van der Waals surface area contributed by atoms with E-state index in [0.29, 0.717) is 11.3 Å². The minimum Gasteiger partial charge on any atom is -0.336 e. The lowest BCUT2D eigenvalue weighted by Crippen LogP contribution is -2.37. The van der Waals surface area contributed by atoms with E-state index < -0.39 is 39.1 Å². The highest BCUT2D eigenvalue weighted by Gasteiger charge is 2.26. The maximum atomic E-state index is 12.9. The summed E-state index contributed by atoms with van der Waals surface area (Å²) in [6.07, 6.45) is 0. The first-order valence-electron chi connectivity index (χ1n) is 9.01. The maximum absolute atomic E-state index is 12.9. The number of non-ortho nitro benzene ring substituents is 2. The van der Waals surface area contributed by atoms with Crippen LogP contribution in [0.15, 0.2) is 78.9 Å². The average molecular weight is 420 g/mol. The number of hydrogen-bond acceptors (Lipinski definition) is 6. The quantitative estimate of drug-likeness (QED) is 0.441. The Hall–Kier alpha value is -4.60. The van der Waals surface area contributed by atoms with E-state index in [9.17, 15) is 29.8 Å². The number of carbonyl (C=O) groups excluding carboxylic acids is 2.